The molecule has 0 radical (unpaired) electrons. The molecule has 9 nitrogen and oxygen atoms in total. The van der Waals surface area contributed by atoms with E-state index in [4.69, 9.17) is 10.4 Å². The Morgan fingerprint density at radius 2 is 2.03 bits per heavy atom. The van der Waals surface area contributed by atoms with Crippen LogP contribution in [-0.2, 0) is 12.0 Å². The minimum atomic E-state index is -0.189. The van der Waals surface area contributed by atoms with Gasteiger partial charge in [-0.2, -0.15) is 10.4 Å². The molecule has 30 heavy (non-hydrogen) atoms. The largest absolute Gasteiger partial charge is 0.412 e. The minimum absolute atomic E-state index is 0. The molecule has 5 rings (SSSR count). The Hall–Kier alpha value is -2.51. The number of nitrogens with one attached hydrogen (secondary N) is 3. The summed E-state index contributed by atoms with van der Waals surface area (Å²) in [6.07, 6.45) is 7.35. The van der Waals surface area contributed by atoms with Crippen LogP contribution < -0.4 is 16.0 Å². The van der Waals surface area contributed by atoms with Crippen LogP contribution in [0.25, 0.3) is 11.1 Å². The molecule has 0 aliphatic carbocycles. The van der Waals surface area contributed by atoms with Gasteiger partial charge in [-0.05, 0) is 24.0 Å². The first-order valence-corrected chi connectivity index (χ1v) is 9.72. The van der Waals surface area contributed by atoms with Crippen LogP contribution in [-0.4, -0.2) is 65.2 Å². The average Bonchev–Trinajstić information content (AvgIpc) is 3.51. The molecule has 2 saturated heterocycles. The third-order valence-corrected chi connectivity index (χ3v) is 5.17. The molecule has 0 saturated carbocycles. The van der Waals surface area contributed by atoms with Gasteiger partial charge in [-0.1, -0.05) is 14.4 Å². The van der Waals surface area contributed by atoms with Crippen molar-refractivity contribution < 1.29 is 12.0 Å². The molecule has 3 aliphatic heterocycles. The second-order valence-corrected chi connectivity index (χ2v) is 7.46. The summed E-state index contributed by atoms with van der Waals surface area (Å²) in [5, 5.41) is 30.3. The van der Waals surface area contributed by atoms with Crippen molar-refractivity contribution in [3.63, 3.8) is 0 Å². The Balaban J connectivity index is 0.00000102. The number of nitrogens with zero attached hydrogens (tertiary/aromatic N) is 4. The van der Waals surface area contributed by atoms with Gasteiger partial charge in [-0.3, -0.25) is 4.68 Å². The van der Waals surface area contributed by atoms with E-state index in [1.54, 1.807) is 0 Å². The van der Waals surface area contributed by atoms with E-state index in [0.29, 0.717) is 12.3 Å². The first-order chi connectivity index (χ1) is 13.7. The molecule has 0 amide bonds. The zero-order chi connectivity index (χ0) is 20.0. The average molecular weight is 420 g/mol. The van der Waals surface area contributed by atoms with Crippen molar-refractivity contribution in [1.82, 2.24) is 25.4 Å². The summed E-state index contributed by atoms with van der Waals surface area (Å²) in [6, 6.07) is 4.36. The molecule has 6 N–H and O–H groups in total. The SMILES string of the molecule is C.C1CN1.CC1CNc2nccc(-c3cnn(C4(CC#N)CNC4)c3)c2C1.CO.O.[HH]. The zero-order valence-corrected chi connectivity index (χ0v) is 17.1. The molecular weight excluding hydrogens is 382 g/mol. The summed E-state index contributed by atoms with van der Waals surface area (Å²) in [5.41, 5.74) is 3.38. The number of aromatic nitrogens is 3. The number of fused-ring (bicyclic) bond motifs is 1. The molecule has 2 aromatic rings. The molecular formula is C21H37N7O2. The van der Waals surface area contributed by atoms with Crippen LogP contribution in [0.5, 0.6) is 0 Å². The molecule has 0 bridgehead atoms. The number of aliphatic hydroxyl groups excluding tert-OH is 1. The van der Waals surface area contributed by atoms with E-state index in [9.17, 15) is 0 Å². The highest BCUT2D eigenvalue weighted by Gasteiger charge is 2.39. The van der Waals surface area contributed by atoms with Gasteiger partial charge >= 0.3 is 0 Å². The third kappa shape index (κ3) is 5.55. The van der Waals surface area contributed by atoms with Crippen molar-refractivity contribution in [2.75, 3.05) is 45.2 Å². The van der Waals surface area contributed by atoms with Gasteiger partial charge < -0.3 is 26.5 Å². The van der Waals surface area contributed by atoms with Crippen LogP contribution in [0, 0.1) is 17.2 Å². The second-order valence-electron chi connectivity index (χ2n) is 7.46. The first-order valence-electron chi connectivity index (χ1n) is 9.72. The number of anilines is 1. The fraction of sp³-hybridized carbons (Fsp3) is 0.571. The maximum atomic E-state index is 9.10. The van der Waals surface area contributed by atoms with Crippen LogP contribution in [0.1, 0.15) is 27.8 Å². The topological polar surface area (TPSA) is 152 Å². The molecule has 5 heterocycles. The van der Waals surface area contributed by atoms with E-state index in [0.717, 1.165) is 44.5 Å². The Labute approximate surface area is 180 Å². The van der Waals surface area contributed by atoms with Gasteiger partial charge in [0.15, 0.2) is 0 Å². The summed E-state index contributed by atoms with van der Waals surface area (Å²) in [4.78, 5) is 4.46. The van der Waals surface area contributed by atoms with Gasteiger partial charge in [-0.15, -0.1) is 0 Å². The lowest BCUT2D eigenvalue weighted by Gasteiger charge is -2.41. The molecule has 0 spiro atoms. The minimum Gasteiger partial charge on any atom is -0.412 e. The Morgan fingerprint density at radius 1 is 1.33 bits per heavy atom. The monoisotopic (exact) mass is 419 g/mol. The number of rotatable bonds is 3. The van der Waals surface area contributed by atoms with E-state index in [1.807, 2.05) is 17.1 Å². The van der Waals surface area contributed by atoms with Crippen LogP contribution in [0.4, 0.5) is 5.82 Å². The van der Waals surface area contributed by atoms with Crippen molar-refractivity contribution in [2.24, 2.45) is 5.92 Å². The summed E-state index contributed by atoms with van der Waals surface area (Å²) in [5.74, 6) is 1.59. The van der Waals surface area contributed by atoms with Crippen molar-refractivity contribution in [2.45, 2.75) is 32.7 Å². The van der Waals surface area contributed by atoms with E-state index in [-0.39, 0.29) is 19.9 Å². The van der Waals surface area contributed by atoms with Crippen molar-refractivity contribution in [3.8, 4) is 17.2 Å². The number of hydrogen-bond donors (Lipinski definition) is 4. The molecule has 3 aliphatic rings. The molecule has 1 atom stereocenters. The summed E-state index contributed by atoms with van der Waals surface area (Å²) in [7, 11) is 1.00. The van der Waals surface area contributed by atoms with Crippen LogP contribution in [0.3, 0.4) is 0 Å². The predicted molar refractivity (Wildman–Crippen MR) is 121 cm³/mol. The van der Waals surface area contributed by atoms with E-state index >= 15 is 0 Å². The third-order valence-electron chi connectivity index (χ3n) is 5.17. The van der Waals surface area contributed by atoms with Crippen molar-refractivity contribution >= 4 is 5.82 Å². The molecule has 1 unspecified atom stereocenters. The second kappa shape index (κ2) is 11.6. The highest BCUT2D eigenvalue weighted by atomic mass is 16.2. The Kier molecular flexibility index (Phi) is 9.89. The predicted octanol–water partition coefficient (Wildman–Crippen LogP) is 1.02. The zero-order valence-electron chi connectivity index (χ0n) is 17.1. The smallest absolute Gasteiger partial charge is 0.129 e. The molecule has 168 valence electrons. The Morgan fingerprint density at radius 3 is 2.60 bits per heavy atom. The van der Waals surface area contributed by atoms with Crippen LogP contribution >= 0.6 is 0 Å². The lowest BCUT2D eigenvalue weighted by atomic mass is 9.89. The van der Waals surface area contributed by atoms with E-state index in [2.05, 4.69) is 51.3 Å². The Bertz CT molecular complexity index is 829. The highest BCUT2D eigenvalue weighted by molar-refractivity contribution is 5.71. The lowest BCUT2D eigenvalue weighted by Crippen LogP contribution is -2.60. The van der Waals surface area contributed by atoms with Gasteiger partial charge in [0.2, 0.25) is 0 Å². The summed E-state index contributed by atoms with van der Waals surface area (Å²) >= 11 is 0. The molecule has 2 aromatic heterocycles. The molecule has 9 heteroatoms. The lowest BCUT2D eigenvalue weighted by molar-refractivity contribution is 0.160. The number of nitriles is 1. The standard InChI is InChI=1S/C17H20N6.C2H5N.CH4O.CH4.H2O.H2/c1-12-6-15-14(2-5-20-16(15)21-7-12)13-8-22-23(9-13)17(3-4-18)10-19-11-17;1-2-3-1;1-2;;;/h2,5,8-9,12,19H,3,6-7,10-11H2,1H3,(H,20,21);3H,1-2H2;2H,1H3;1H4;1H2;1H. The van der Waals surface area contributed by atoms with Crippen LogP contribution in [0.15, 0.2) is 24.7 Å². The number of aliphatic hydroxyl groups is 1. The number of pyridine rings is 1. The van der Waals surface area contributed by atoms with Gasteiger partial charge in [0.1, 0.15) is 11.4 Å². The van der Waals surface area contributed by atoms with Crippen molar-refractivity contribution in [1.29, 1.82) is 5.26 Å². The van der Waals surface area contributed by atoms with Gasteiger partial charge in [-0.25, -0.2) is 4.98 Å². The fourth-order valence-electron chi connectivity index (χ4n) is 3.46. The summed E-state index contributed by atoms with van der Waals surface area (Å²) < 4.78 is 1.97. The maximum absolute atomic E-state index is 9.10. The van der Waals surface area contributed by atoms with Gasteiger partial charge in [0, 0.05) is 64.8 Å². The number of hydrogen-bond acceptors (Lipinski definition) is 7. The maximum Gasteiger partial charge on any atom is 0.129 e. The normalized spacial score (nSPS) is 19.2. The van der Waals surface area contributed by atoms with E-state index in [1.165, 1.54) is 24.2 Å². The quantitative estimate of drug-likeness (QED) is 0.542. The van der Waals surface area contributed by atoms with Gasteiger partial charge in [0.05, 0.1) is 18.7 Å². The highest BCUT2D eigenvalue weighted by Crippen LogP contribution is 2.34. The van der Waals surface area contributed by atoms with Crippen molar-refractivity contribution in [3.05, 3.63) is 30.2 Å². The molecule has 2 fully saturated rings. The molecule has 0 aromatic carbocycles. The van der Waals surface area contributed by atoms with E-state index < -0.39 is 0 Å². The first kappa shape index (κ1) is 25.5. The fourth-order valence-corrected chi connectivity index (χ4v) is 3.46. The van der Waals surface area contributed by atoms with Gasteiger partial charge in [0.25, 0.3) is 0 Å². The van der Waals surface area contributed by atoms with Crippen LogP contribution in [0.2, 0.25) is 0 Å². The summed E-state index contributed by atoms with van der Waals surface area (Å²) in [6.45, 7) is 7.32.